The van der Waals surface area contributed by atoms with Gasteiger partial charge in [-0.25, -0.2) is 8.42 Å². The highest BCUT2D eigenvalue weighted by atomic mass is 32.2. The molecule has 0 aliphatic carbocycles. The number of rotatable bonds is 4. The van der Waals surface area contributed by atoms with Crippen molar-refractivity contribution < 1.29 is 17.9 Å². The van der Waals surface area contributed by atoms with Gasteiger partial charge in [0, 0.05) is 19.3 Å². The molecule has 0 radical (unpaired) electrons. The number of hydrogen-bond donors (Lipinski definition) is 0. The van der Waals surface area contributed by atoms with Crippen LogP contribution in [0.3, 0.4) is 0 Å². The minimum Gasteiger partial charge on any atom is -0.468 e. The van der Waals surface area contributed by atoms with E-state index < -0.39 is 14.6 Å². The molecule has 1 aliphatic heterocycles. The van der Waals surface area contributed by atoms with E-state index in [2.05, 4.69) is 4.74 Å². The maximum atomic E-state index is 11.5. The SMILES string of the molecule is COC(=O)C1CCN1CC(C)(C)S(C)(=O)=O. The van der Waals surface area contributed by atoms with Crippen molar-refractivity contribution in [2.75, 3.05) is 26.5 Å². The monoisotopic (exact) mass is 249 g/mol. The van der Waals surface area contributed by atoms with E-state index in [1.165, 1.54) is 13.4 Å². The fourth-order valence-electron chi connectivity index (χ4n) is 1.64. The summed E-state index contributed by atoms with van der Waals surface area (Å²) in [4.78, 5) is 13.2. The molecule has 5 nitrogen and oxygen atoms in total. The number of ether oxygens (including phenoxy) is 1. The van der Waals surface area contributed by atoms with Crippen LogP contribution in [-0.4, -0.2) is 56.5 Å². The maximum Gasteiger partial charge on any atom is 0.323 e. The molecule has 0 aromatic carbocycles. The molecular weight excluding hydrogens is 230 g/mol. The highest BCUT2D eigenvalue weighted by Gasteiger charge is 2.41. The van der Waals surface area contributed by atoms with Crippen LogP contribution in [0.5, 0.6) is 0 Å². The molecule has 0 spiro atoms. The van der Waals surface area contributed by atoms with Gasteiger partial charge < -0.3 is 4.74 Å². The van der Waals surface area contributed by atoms with Crippen molar-refractivity contribution in [2.24, 2.45) is 0 Å². The molecule has 94 valence electrons. The summed E-state index contributed by atoms with van der Waals surface area (Å²) in [5, 5.41) is 0. The van der Waals surface area contributed by atoms with Gasteiger partial charge in [-0.2, -0.15) is 0 Å². The molecule has 0 bridgehead atoms. The zero-order valence-electron chi connectivity index (χ0n) is 10.2. The Hall–Kier alpha value is -0.620. The van der Waals surface area contributed by atoms with Crippen LogP contribution >= 0.6 is 0 Å². The van der Waals surface area contributed by atoms with E-state index in [1.54, 1.807) is 13.8 Å². The molecule has 0 aromatic heterocycles. The molecule has 1 fully saturated rings. The molecule has 0 N–H and O–H groups in total. The summed E-state index contributed by atoms with van der Waals surface area (Å²) >= 11 is 0. The Labute approximate surface area is 96.7 Å². The van der Waals surface area contributed by atoms with Gasteiger partial charge in [0.15, 0.2) is 9.84 Å². The molecule has 1 heterocycles. The van der Waals surface area contributed by atoms with Crippen LogP contribution in [0.15, 0.2) is 0 Å². The van der Waals surface area contributed by atoms with E-state index >= 15 is 0 Å². The van der Waals surface area contributed by atoms with E-state index in [4.69, 9.17) is 0 Å². The molecule has 0 aromatic rings. The first-order valence-corrected chi connectivity index (χ1v) is 7.09. The van der Waals surface area contributed by atoms with Gasteiger partial charge in [-0.15, -0.1) is 0 Å². The first kappa shape index (κ1) is 13.4. The van der Waals surface area contributed by atoms with Crippen molar-refractivity contribution in [3.8, 4) is 0 Å². The second kappa shape index (κ2) is 4.33. The van der Waals surface area contributed by atoms with Crippen molar-refractivity contribution in [2.45, 2.75) is 31.1 Å². The summed E-state index contributed by atoms with van der Waals surface area (Å²) in [6.45, 7) is 4.47. The van der Waals surface area contributed by atoms with Gasteiger partial charge in [0.25, 0.3) is 0 Å². The third-order valence-corrected chi connectivity index (χ3v) is 5.33. The van der Waals surface area contributed by atoms with Gasteiger partial charge in [-0.3, -0.25) is 9.69 Å². The van der Waals surface area contributed by atoms with Crippen LogP contribution in [0.4, 0.5) is 0 Å². The zero-order valence-corrected chi connectivity index (χ0v) is 11.0. The number of esters is 1. The summed E-state index contributed by atoms with van der Waals surface area (Å²) in [7, 11) is -1.78. The van der Waals surface area contributed by atoms with Crippen molar-refractivity contribution in [3.05, 3.63) is 0 Å². The van der Waals surface area contributed by atoms with Crippen LogP contribution in [0.25, 0.3) is 0 Å². The summed E-state index contributed by atoms with van der Waals surface area (Å²) in [5.74, 6) is -0.282. The summed E-state index contributed by atoms with van der Waals surface area (Å²) < 4.78 is 26.9. The molecule has 16 heavy (non-hydrogen) atoms. The second-order valence-corrected chi connectivity index (χ2v) is 7.48. The fraction of sp³-hybridized carbons (Fsp3) is 0.900. The number of methoxy groups -OCH3 is 1. The highest BCUT2D eigenvalue weighted by molar-refractivity contribution is 7.92. The minimum atomic E-state index is -3.12. The third kappa shape index (κ3) is 2.55. The van der Waals surface area contributed by atoms with E-state index in [-0.39, 0.29) is 12.0 Å². The number of sulfone groups is 1. The Bertz CT molecular complexity index is 374. The van der Waals surface area contributed by atoms with E-state index in [0.29, 0.717) is 6.54 Å². The van der Waals surface area contributed by atoms with E-state index in [1.807, 2.05) is 4.90 Å². The topological polar surface area (TPSA) is 63.7 Å². The summed E-state index contributed by atoms with van der Waals surface area (Å²) in [5.41, 5.74) is 0. The molecule has 1 aliphatic rings. The van der Waals surface area contributed by atoms with Gasteiger partial charge in [-0.05, 0) is 20.3 Å². The molecule has 0 amide bonds. The molecular formula is C10H19NO4S. The number of carbonyl (C=O) groups is 1. The normalized spacial score (nSPS) is 22.6. The van der Waals surface area contributed by atoms with Gasteiger partial charge >= 0.3 is 5.97 Å². The number of nitrogens with zero attached hydrogens (tertiary/aromatic N) is 1. The minimum absolute atomic E-state index is 0.272. The first-order chi connectivity index (χ1) is 7.19. The first-order valence-electron chi connectivity index (χ1n) is 5.20. The van der Waals surface area contributed by atoms with Gasteiger partial charge in [0.1, 0.15) is 6.04 Å². The zero-order chi connectivity index (χ0) is 12.6. The molecule has 1 unspecified atom stereocenters. The van der Waals surface area contributed by atoms with Gasteiger partial charge in [-0.1, -0.05) is 0 Å². The lowest BCUT2D eigenvalue weighted by molar-refractivity contribution is -0.152. The molecule has 1 atom stereocenters. The summed E-state index contributed by atoms with van der Waals surface area (Å²) in [6.07, 6.45) is 1.96. The number of likely N-dealkylation sites (tertiary alicyclic amines) is 1. The van der Waals surface area contributed by atoms with Gasteiger partial charge in [0.05, 0.1) is 11.9 Å². The van der Waals surface area contributed by atoms with Crippen LogP contribution in [0.2, 0.25) is 0 Å². The number of carbonyl (C=O) groups excluding carboxylic acids is 1. The molecule has 6 heteroatoms. The third-order valence-electron chi connectivity index (χ3n) is 3.19. The fourth-order valence-corrected chi connectivity index (χ4v) is 2.04. The lowest BCUT2D eigenvalue weighted by atomic mass is 10.0. The molecule has 1 rings (SSSR count). The molecule has 1 saturated heterocycles. The predicted molar refractivity (Wildman–Crippen MR) is 60.9 cm³/mol. The largest absolute Gasteiger partial charge is 0.468 e. The Morgan fingerprint density at radius 3 is 2.38 bits per heavy atom. The number of hydrogen-bond acceptors (Lipinski definition) is 5. The standard InChI is InChI=1S/C10H19NO4S/c1-10(2,16(4,13)14)7-11-6-5-8(11)9(12)15-3/h8H,5-7H2,1-4H3. The average Bonchev–Trinajstić information content (AvgIpc) is 2.10. The van der Waals surface area contributed by atoms with Crippen molar-refractivity contribution in [3.63, 3.8) is 0 Å². The Balaban J connectivity index is 2.66. The Kier molecular flexibility index (Phi) is 3.64. The lowest BCUT2D eigenvalue weighted by Crippen LogP contribution is -2.58. The quantitative estimate of drug-likeness (QED) is 0.659. The average molecular weight is 249 g/mol. The van der Waals surface area contributed by atoms with Crippen molar-refractivity contribution in [1.29, 1.82) is 0 Å². The van der Waals surface area contributed by atoms with Crippen LogP contribution in [0.1, 0.15) is 20.3 Å². The lowest BCUT2D eigenvalue weighted by Gasteiger charge is -2.42. The van der Waals surface area contributed by atoms with E-state index in [0.717, 1.165) is 13.0 Å². The van der Waals surface area contributed by atoms with E-state index in [9.17, 15) is 13.2 Å². The predicted octanol–water partition coefficient (Wildman–Crippen LogP) is 0.0569. The van der Waals surface area contributed by atoms with Crippen LogP contribution < -0.4 is 0 Å². The summed E-state index contributed by atoms with van der Waals surface area (Å²) in [6, 6.07) is -0.272. The molecule has 0 saturated carbocycles. The smallest absolute Gasteiger partial charge is 0.323 e. The Morgan fingerprint density at radius 1 is 1.50 bits per heavy atom. The second-order valence-electron chi connectivity index (χ2n) is 4.83. The Morgan fingerprint density at radius 2 is 2.06 bits per heavy atom. The van der Waals surface area contributed by atoms with Crippen molar-refractivity contribution >= 4 is 15.8 Å². The van der Waals surface area contributed by atoms with Crippen molar-refractivity contribution in [1.82, 2.24) is 4.90 Å². The van der Waals surface area contributed by atoms with Gasteiger partial charge in [0.2, 0.25) is 0 Å². The maximum absolute atomic E-state index is 11.5. The van der Waals surface area contributed by atoms with Crippen LogP contribution in [-0.2, 0) is 19.4 Å². The van der Waals surface area contributed by atoms with Crippen LogP contribution in [0, 0.1) is 0 Å². The highest BCUT2D eigenvalue weighted by Crippen LogP contribution is 2.25.